The fourth-order valence-electron chi connectivity index (χ4n) is 1.69. The molecule has 0 aliphatic rings. The lowest BCUT2D eigenvalue weighted by atomic mass is 10.1. The summed E-state index contributed by atoms with van der Waals surface area (Å²) in [4.78, 5) is 10.1. The summed E-state index contributed by atoms with van der Waals surface area (Å²) in [5.41, 5.74) is 0. The molecular formula is C16H33NO3. The first-order valence-electron chi connectivity index (χ1n) is 7.83. The molecule has 4 nitrogen and oxygen atoms in total. The molecule has 0 aliphatic heterocycles. The standard InChI is InChI=1S/C13H24O2.C3H9NO/c1-2-3-4-5-6-7-8-9-10-11-12-13(14)15;1-4-2-3-5/h11-12H,2-10H2,1H3,(H,14,15);4-5H,2-3H2,1H3. The molecule has 0 radical (unpaired) electrons. The maximum atomic E-state index is 10.1. The van der Waals surface area contributed by atoms with Crippen molar-refractivity contribution >= 4 is 5.97 Å². The number of carbonyl (C=O) groups is 1. The largest absolute Gasteiger partial charge is 0.478 e. The van der Waals surface area contributed by atoms with Gasteiger partial charge in [0.25, 0.3) is 0 Å². The van der Waals surface area contributed by atoms with E-state index in [-0.39, 0.29) is 6.61 Å². The van der Waals surface area contributed by atoms with E-state index in [4.69, 9.17) is 10.2 Å². The molecule has 4 heteroatoms. The number of hydrogen-bond acceptors (Lipinski definition) is 3. The lowest BCUT2D eigenvalue weighted by Gasteiger charge is -1.99. The molecule has 0 saturated heterocycles. The number of likely N-dealkylation sites (N-methyl/N-ethyl adjacent to an activating group) is 1. The van der Waals surface area contributed by atoms with Gasteiger partial charge in [-0.3, -0.25) is 0 Å². The quantitative estimate of drug-likeness (QED) is 0.380. The van der Waals surface area contributed by atoms with Gasteiger partial charge in [-0.15, -0.1) is 0 Å². The SMILES string of the molecule is CCCCCCCCCCC=CC(=O)O.CNCCO. The van der Waals surface area contributed by atoms with Gasteiger partial charge in [-0.25, -0.2) is 4.79 Å². The highest BCUT2D eigenvalue weighted by Crippen LogP contribution is 2.09. The average molecular weight is 287 g/mol. The van der Waals surface area contributed by atoms with E-state index in [0.29, 0.717) is 6.54 Å². The number of carboxylic acids is 1. The van der Waals surface area contributed by atoms with Crippen LogP contribution in [0, 0.1) is 0 Å². The first-order chi connectivity index (χ1) is 9.68. The van der Waals surface area contributed by atoms with Gasteiger partial charge >= 0.3 is 5.97 Å². The third kappa shape index (κ3) is 25.9. The van der Waals surface area contributed by atoms with Crippen molar-refractivity contribution in [3.8, 4) is 0 Å². The van der Waals surface area contributed by atoms with Crippen molar-refractivity contribution < 1.29 is 15.0 Å². The van der Waals surface area contributed by atoms with Crippen LogP contribution >= 0.6 is 0 Å². The molecule has 0 fully saturated rings. The monoisotopic (exact) mass is 287 g/mol. The summed E-state index contributed by atoms with van der Waals surface area (Å²) in [6.45, 7) is 3.16. The van der Waals surface area contributed by atoms with E-state index in [1.54, 1.807) is 13.1 Å². The first kappa shape index (κ1) is 21.4. The van der Waals surface area contributed by atoms with Gasteiger partial charge in [-0.2, -0.15) is 0 Å². The van der Waals surface area contributed by atoms with Crippen molar-refractivity contribution in [3.05, 3.63) is 12.2 Å². The Morgan fingerprint density at radius 3 is 2.00 bits per heavy atom. The molecule has 0 aromatic carbocycles. The molecule has 0 saturated carbocycles. The van der Waals surface area contributed by atoms with E-state index < -0.39 is 5.97 Å². The van der Waals surface area contributed by atoms with Gasteiger partial charge < -0.3 is 15.5 Å². The Kier molecular flexibility index (Phi) is 21.9. The number of aliphatic carboxylic acids is 1. The van der Waals surface area contributed by atoms with Crippen LogP contribution < -0.4 is 5.32 Å². The van der Waals surface area contributed by atoms with Crippen LogP contribution in [0.4, 0.5) is 0 Å². The Hall–Kier alpha value is -0.870. The molecule has 20 heavy (non-hydrogen) atoms. The molecule has 0 unspecified atom stereocenters. The topological polar surface area (TPSA) is 69.6 Å². The summed E-state index contributed by atoms with van der Waals surface area (Å²) < 4.78 is 0. The smallest absolute Gasteiger partial charge is 0.327 e. The number of allylic oxidation sites excluding steroid dienone is 1. The summed E-state index contributed by atoms with van der Waals surface area (Å²) in [6, 6.07) is 0. The van der Waals surface area contributed by atoms with E-state index >= 15 is 0 Å². The summed E-state index contributed by atoms with van der Waals surface area (Å²) in [7, 11) is 1.80. The lowest BCUT2D eigenvalue weighted by molar-refractivity contribution is -0.131. The minimum atomic E-state index is -0.838. The predicted octanol–water partition coefficient (Wildman–Crippen LogP) is 3.36. The summed E-state index contributed by atoms with van der Waals surface area (Å²) in [6.07, 6.45) is 14.3. The first-order valence-corrected chi connectivity index (χ1v) is 7.83. The molecule has 0 heterocycles. The van der Waals surface area contributed by atoms with Gasteiger partial charge in [-0.1, -0.05) is 57.9 Å². The van der Waals surface area contributed by atoms with Crippen molar-refractivity contribution in [2.24, 2.45) is 0 Å². The van der Waals surface area contributed by atoms with Crippen LogP contribution in [0.15, 0.2) is 12.2 Å². The van der Waals surface area contributed by atoms with Crippen molar-refractivity contribution in [3.63, 3.8) is 0 Å². The van der Waals surface area contributed by atoms with Crippen molar-refractivity contribution in [2.45, 2.75) is 64.7 Å². The Bertz CT molecular complexity index is 216. The summed E-state index contributed by atoms with van der Waals surface area (Å²) >= 11 is 0. The van der Waals surface area contributed by atoms with Gasteiger partial charge in [0.1, 0.15) is 0 Å². The maximum absolute atomic E-state index is 10.1. The zero-order chi connectivity index (χ0) is 15.5. The van der Waals surface area contributed by atoms with Crippen molar-refractivity contribution in [1.82, 2.24) is 5.32 Å². The molecule has 120 valence electrons. The predicted molar refractivity (Wildman–Crippen MR) is 85.0 cm³/mol. The molecule has 3 N–H and O–H groups in total. The zero-order valence-electron chi connectivity index (χ0n) is 13.2. The highest BCUT2D eigenvalue weighted by Gasteiger charge is 1.90. The van der Waals surface area contributed by atoms with Crippen LogP contribution in [0.3, 0.4) is 0 Å². The Morgan fingerprint density at radius 2 is 1.60 bits per heavy atom. The summed E-state index contributed by atoms with van der Waals surface area (Å²) in [5, 5.41) is 19.1. The molecule has 0 spiro atoms. The normalized spacial score (nSPS) is 10.3. The second-order valence-corrected chi connectivity index (χ2v) is 4.83. The van der Waals surface area contributed by atoms with E-state index in [9.17, 15) is 4.79 Å². The van der Waals surface area contributed by atoms with Gasteiger partial charge in [0.2, 0.25) is 0 Å². The third-order valence-electron chi connectivity index (χ3n) is 2.85. The number of nitrogens with one attached hydrogen (secondary N) is 1. The summed E-state index contributed by atoms with van der Waals surface area (Å²) in [5.74, 6) is -0.838. The molecule has 0 amide bonds. The second kappa shape index (κ2) is 20.4. The number of aliphatic hydroxyl groups excluding tert-OH is 1. The molecule has 0 aromatic heterocycles. The van der Waals surface area contributed by atoms with Crippen molar-refractivity contribution in [1.29, 1.82) is 0 Å². The minimum Gasteiger partial charge on any atom is -0.478 e. The number of aliphatic hydroxyl groups is 1. The van der Waals surface area contributed by atoms with E-state index in [1.165, 1.54) is 51.0 Å². The van der Waals surface area contributed by atoms with E-state index in [0.717, 1.165) is 12.8 Å². The molecule has 0 atom stereocenters. The Labute approximate surface area is 124 Å². The van der Waals surface area contributed by atoms with Gasteiger partial charge in [-0.05, 0) is 19.9 Å². The maximum Gasteiger partial charge on any atom is 0.327 e. The number of carboxylic acid groups (broad SMARTS) is 1. The number of hydrogen-bond donors (Lipinski definition) is 3. The fourth-order valence-corrected chi connectivity index (χ4v) is 1.69. The molecule has 0 aromatic rings. The van der Waals surface area contributed by atoms with Crippen LogP contribution in [-0.2, 0) is 4.79 Å². The van der Waals surface area contributed by atoms with Crippen molar-refractivity contribution in [2.75, 3.05) is 20.2 Å². The van der Waals surface area contributed by atoms with Gasteiger partial charge in [0, 0.05) is 12.6 Å². The fraction of sp³-hybridized carbons (Fsp3) is 0.812. The minimum absolute atomic E-state index is 0.233. The molecule has 0 rings (SSSR count). The lowest BCUT2D eigenvalue weighted by Crippen LogP contribution is -2.10. The molecular weight excluding hydrogens is 254 g/mol. The number of unbranched alkanes of at least 4 members (excludes halogenated alkanes) is 8. The third-order valence-corrected chi connectivity index (χ3v) is 2.85. The van der Waals surface area contributed by atoms with Crippen LogP contribution in [-0.4, -0.2) is 36.4 Å². The molecule has 0 aliphatic carbocycles. The Morgan fingerprint density at radius 1 is 1.05 bits per heavy atom. The average Bonchev–Trinajstić information content (AvgIpc) is 2.42. The van der Waals surface area contributed by atoms with Gasteiger partial charge in [0.05, 0.1) is 6.61 Å². The van der Waals surface area contributed by atoms with Crippen LogP contribution in [0.25, 0.3) is 0 Å². The highest BCUT2D eigenvalue weighted by molar-refractivity contribution is 5.79. The zero-order valence-corrected chi connectivity index (χ0v) is 13.2. The van der Waals surface area contributed by atoms with Crippen LogP contribution in [0.2, 0.25) is 0 Å². The highest BCUT2D eigenvalue weighted by atomic mass is 16.4. The van der Waals surface area contributed by atoms with Gasteiger partial charge in [0.15, 0.2) is 0 Å². The second-order valence-electron chi connectivity index (χ2n) is 4.83. The number of rotatable bonds is 12. The van der Waals surface area contributed by atoms with E-state index in [2.05, 4.69) is 12.2 Å². The Balaban J connectivity index is 0. The van der Waals surface area contributed by atoms with Crippen LogP contribution in [0.5, 0.6) is 0 Å². The van der Waals surface area contributed by atoms with Crippen LogP contribution in [0.1, 0.15) is 64.7 Å². The molecule has 0 bridgehead atoms. The van der Waals surface area contributed by atoms with E-state index in [1.807, 2.05) is 0 Å².